The predicted molar refractivity (Wildman–Crippen MR) is 9.31 cm³/mol. The summed E-state index contributed by atoms with van der Waals surface area (Å²) in [5, 5.41) is 0. The van der Waals surface area contributed by atoms with E-state index in [9.17, 15) is 0 Å². The van der Waals surface area contributed by atoms with Crippen LogP contribution in [0.3, 0.4) is 0 Å². The first-order valence-electron chi connectivity index (χ1n) is 0. The SMILES string of the molecule is Cl.[Fe+3].[Fe+3].[O-2].[O-2].[O-2]. The summed E-state index contributed by atoms with van der Waals surface area (Å²) in [6.07, 6.45) is 0. The summed E-state index contributed by atoms with van der Waals surface area (Å²) in [4.78, 5) is 0. The van der Waals surface area contributed by atoms with Crippen molar-refractivity contribution in [2.24, 2.45) is 0 Å². The van der Waals surface area contributed by atoms with E-state index in [1.54, 1.807) is 0 Å². The Hall–Kier alpha value is 1.21. The van der Waals surface area contributed by atoms with Crippen LogP contribution >= 0.6 is 12.4 Å². The van der Waals surface area contributed by atoms with Gasteiger partial charge in [0.15, 0.2) is 0 Å². The van der Waals surface area contributed by atoms with Crippen LogP contribution in [-0.4, -0.2) is 0 Å². The topological polar surface area (TPSA) is 85.5 Å². The predicted octanol–water partition coefficient (Wildman–Crippen LogP) is 0.0604. The summed E-state index contributed by atoms with van der Waals surface area (Å²) in [6, 6.07) is 0. The second-order valence-electron chi connectivity index (χ2n) is 0. The molecule has 0 saturated heterocycles. The molecule has 0 aromatic rings. The Bertz CT molecular complexity index is 8.75. The average Bonchev–Trinajstić information content (AvgIpc) is 0. The molecular formula is HClFe2O3. The molecule has 2 radical (unpaired) electrons. The van der Waals surface area contributed by atoms with Crippen LogP contribution < -0.4 is 0 Å². The second kappa shape index (κ2) is 115. The van der Waals surface area contributed by atoms with E-state index in [-0.39, 0.29) is 63.0 Å². The third-order valence-corrected chi connectivity index (χ3v) is 0. The molecule has 0 spiro atoms. The fourth-order valence-electron chi connectivity index (χ4n) is 0. The van der Waals surface area contributed by atoms with Crippen LogP contribution in [0.1, 0.15) is 0 Å². The van der Waals surface area contributed by atoms with Gasteiger partial charge >= 0.3 is 34.1 Å². The van der Waals surface area contributed by atoms with Crippen LogP contribution in [0, 0.1) is 0 Å². The van der Waals surface area contributed by atoms with Gasteiger partial charge in [0, 0.05) is 0 Å². The van der Waals surface area contributed by atoms with Crippen molar-refractivity contribution in [2.45, 2.75) is 0 Å². The van der Waals surface area contributed by atoms with Crippen molar-refractivity contribution in [1.29, 1.82) is 0 Å². The maximum Gasteiger partial charge on any atom is 3.00 e. The summed E-state index contributed by atoms with van der Waals surface area (Å²) in [5.41, 5.74) is 0. The Kier molecular flexibility index (Phi) is 3650. The first-order valence-corrected chi connectivity index (χ1v) is 0. The normalized spacial score (nSPS) is 0. The Morgan fingerprint density at radius 3 is 0.500 bits per heavy atom. The largest absolute Gasteiger partial charge is 3.00 e. The molecule has 0 rings (SSSR count). The van der Waals surface area contributed by atoms with Crippen LogP contribution in [-0.2, 0) is 50.6 Å². The van der Waals surface area contributed by atoms with Crippen LogP contribution in [0.25, 0.3) is 0 Å². The number of hydrogen-bond acceptors (Lipinski definition) is 0. The van der Waals surface area contributed by atoms with Gasteiger partial charge in [0.1, 0.15) is 0 Å². The zero-order valence-corrected chi connectivity index (χ0v) is 5.36. The molecule has 0 aliphatic carbocycles. The van der Waals surface area contributed by atoms with Crippen molar-refractivity contribution in [1.82, 2.24) is 0 Å². The van der Waals surface area contributed by atoms with Crippen molar-refractivity contribution in [3.05, 3.63) is 0 Å². The first-order chi connectivity index (χ1) is 0. The van der Waals surface area contributed by atoms with Crippen molar-refractivity contribution < 1.29 is 50.6 Å². The fraction of sp³-hybridized carbons (Fsp3) is 0. The summed E-state index contributed by atoms with van der Waals surface area (Å²) in [6.45, 7) is 0. The number of hydrogen-bond donors (Lipinski definition) is 0. The Morgan fingerprint density at radius 1 is 0.500 bits per heavy atom. The van der Waals surface area contributed by atoms with Gasteiger partial charge in [0.25, 0.3) is 0 Å². The van der Waals surface area contributed by atoms with Crippen LogP contribution in [0.4, 0.5) is 0 Å². The number of halogens is 1. The Labute approximate surface area is 63.2 Å². The van der Waals surface area contributed by atoms with Crippen molar-refractivity contribution >= 4 is 12.4 Å². The van der Waals surface area contributed by atoms with Crippen LogP contribution in [0.5, 0.6) is 0 Å². The molecule has 0 aliphatic heterocycles. The van der Waals surface area contributed by atoms with E-state index < -0.39 is 0 Å². The van der Waals surface area contributed by atoms with Gasteiger partial charge in [0.05, 0.1) is 0 Å². The molecule has 0 heterocycles. The zero-order valence-electron chi connectivity index (χ0n) is 2.34. The van der Waals surface area contributed by atoms with Gasteiger partial charge < -0.3 is 16.4 Å². The third kappa shape index (κ3) is 63.1. The van der Waals surface area contributed by atoms with Crippen LogP contribution in [0.15, 0.2) is 0 Å². The fourth-order valence-corrected chi connectivity index (χ4v) is 0. The molecule has 0 saturated carbocycles. The van der Waals surface area contributed by atoms with Gasteiger partial charge in [-0.05, 0) is 0 Å². The molecule has 0 bridgehead atoms. The Morgan fingerprint density at radius 2 is 0.500 bits per heavy atom. The minimum atomic E-state index is 0. The maximum atomic E-state index is 0. The van der Waals surface area contributed by atoms with Gasteiger partial charge in [0.2, 0.25) is 0 Å². The van der Waals surface area contributed by atoms with E-state index in [0.717, 1.165) is 0 Å². The van der Waals surface area contributed by atoms with Gasteiger partial charge in [-0.2, -0.15) is 0 Å². The average molecular weight is 196 g/mol. The first kappa shape index (κ1) is 190. The molecule has 6 heavy (non-hydrogen) atoms. The molecule has 0 N–H and O–H groups in total. The molecule has 0 aromatic carbocycles. The standard InChI is InChI=1S/ClH.2Fe.3O/h1H;;;;;/q;2*+3;3*-2. The molecule has 3 nitrogen and oxygen atoms in total. The molecule has 0 aliphatic rings. The minimum absolute atomic E-state index is 0. The van der Waals surface area contributed by atoms with Crippen molar-refractivity contribution in [2.75, 3.05) is 0 Å². The van der Waals surface area contributed by atoms with Crippen LogP contribution in [0.2, 0.25) is 0 Å². The Balaban J connectivity index is 0. The van der Waals surface area contributed by atoms with Gasteiger partial charge in [-0.15, -0.1) is 12.4 Å². The molecule has 42 valence electrons. The summed E-state index contributed by atoms with van der Waals surface area (Å²) >= 11 is 0. The van der Waals surface area contributed by atoms with E-state index in [1.807, 2.05) is 0 Å². The molecule has 0 aromatic heterocycles. The minimum Gasteiger partial charge on any atom is -2.00 e. The van der Waals surface area contributed by atoms with Crippen molar-refractivity contribution in [3.8, 4) is 0 Å². The molecule has 0 unspecified atom stereocenters. The third-order valence-electron chi connectivity index (χ3n) is 0. The zero-order chi connectivity index (χ0) is 0. The molecule has 0 fully saturated rings. The monoisotopic (exact) mass is 196 g/mol. The van der Waals surface area contributed by atoms with E-state index in [4.69, 9.17) is 0 Å². The summed E-state index contributed by atoms with van der Waals surface area (Å²) in [5.74, 6) is 0. The smallest absolute Gasteiger partial charge is 2.00 e. The van der Waals surface area contributed by atoms with Gasteiger partial charge in [-0.3, -0.25) is 0 Å². The van der Waals surface area contributed by atoms with Gasteiger partial charge in [-0.25, -0.2) is 0 Å². The number of rotatable bonds is 0. The second-order valence-corrected chi connectivity index (χ2v) is 0. The summed E-state index contributed by atoms with van der Waals surface area (Å²) in [7, 11) is 0. The molecule has 0 amide bonds. The van der Waals surface area contributed by atoms with E-state index in [0.29, 0.717) is 0 Å². The van der Waals surface area contributed by atoms with Gasteiger partial charge in [-0.1, -0.05) is 0 Å². The quantitative estimate of drug-likeness (QED) is 0.490. The molecule has 6 heteroatoms. The maximum absolute atomic E-state index is 0. The van der Waals surface area contributed by atoms with E-state index in [2.05, 4.69) is 0 Å². The molecular weight excluding hydrogens is 195 g/mol. The molecule has 0 atom stereocenters. The van der Waals surface area contributed by atoms with E-state index in [1.165, 1.54) is 0 Å². The van der Waals surface area contributed by atoms with E-state index >= 15 is 0 Å². The summed E-state index contributed by atoms with van der Waals surface area (Å²) < 4.78 is 0. The van der Waals surface area contributed by atoms with Crippen molar-refractivity contribution in [3.63, 3.8) is 0 Å².